The Balaban J connectivity index is 1.70. The maximum atomic E-state index is 12.9. The molecule has 0 unspecified atom stereocenters. The molecule has 0 spiro atoms. The summed E-state index contributed by atoms with van der Waals surface area (Å²) in [6, 6.07) is 4.69. The van der Waals surface area contributed by atoms with E-state index in [1.807, 2.05) is 6.26 Å². The molecule has 142 valence electrons. The van der Waals surface area contributed by atoms with Gasteiger partial charge in [0.25, 0.3) is 0 Å². The average molecular weight is 471 g/mol. The molecule has 1 aromatic heterocycles. The maximum absolute atomic E-state index is 12.9. The van der Waals surface area contributed by atoms with E-state index >= 15 is 0 Å². The molecule has 6 nitrogen and oxygen atoms in total. The van der Waals surface area contributed by atoms with Crippen LogP contribution in [-0.4, -0.2) is 59.8 Å². The molecule has 2 aromatic rings. The molecule has 0 atom stereocenters. The molecule has 0 saturated carbocycles. The van der Waals surface area contributed by atoms with Crippen LogP contribution in [0.2, 0.25) is 10.0 Å². The Morgan fingerprint density at radius 1 is 1.23 bits per heavy atom. The van der Waals surface area contributed by atoms with Crippen LogP contribution in [0.3, 0.4) is 0 Å². The van der Waals surface area contributed by atoms with Crippen molar-refractivity contribution in [3.63, 3.8) is 0 Å². The largest absolute Gasteiger partial charge is 0.282 e. The number of hydrogen-bond acceptors (Lipinski definition) is 7. The molecule has 1 aliphatic heterocycles. The third-order valence-electron chi connectivity index (χ3n) is 3.94. The van der Waals surface area contributed by atoms with E-state index in [0.29, 0.717) is 36.8 Å². The zero-order valence-electron chi connectivity index (χ0n) is 13.8. The second-order valence-corrected chi connectivity index (χ2v) is 10.9. The van der Waals surface area contributed by atoms with E-state index < -0.39 is 10.0 Å². The third-order valence-corrected chi connectivity index (χ3v) is 9.08. The first kappa shape index (κ1) is 20.5. The lowest BCUT2D eigenvalue weighted by Gasteiger charge is -2.33. The summed E-state index contributed by atoms with van der Waals surface area (Å²) in [5.41, 5.74) is 0. The van der Waals surface area contributed by atoms with Crippen LogP contribution in [0.15, 0.2) is 27.4 Å². The quantitative estimate of drug-likeness (QED) is 0.490. The zero-order valence-corrected chi connectivity index (χ0v) is 18.5. The van der Waals surface area contributed by atoms with E-state index in [9.17, 15) is 8.42 Å². The topological polar surface area (TPSA) is 58.4 Å². The van der Waals surface area contributed by atoms with Crippen molar-refractivity contribution in [2.24, 2.45) is 0 Å². The van der Waals surface area contributed by atoms with Crippen molar-refractivity contribution in [2.75, 3.05) is 32.4 Å². The smallest absolute Gasteiger partial charge is 0.246 e. The second kappa shape index (κ2) is 8.44. The van der Waals surface area contributed by atoms with Gasteiger partial charge in [0.2, 0.25) is 10.0 Å². The first-order valence-electron chi connectivity index (χ1n) is 7.61. The predicted octanol–water partition coefficient (Wildman–Crippen LogP) is 3.67. The first-order chi connectivity index (χ1) is 12.3. The van der Waals surface area contributed by atoms with E-state index in [2.05, 4.69) is 10.00 Å². The van der Waals surface area contributed by atoms with Crippen molar-refractivity contribution in [1.82, 2.24) is 19.0 Å². The molecule has 3 rings (SSSR count). The summed E-state index contributed by atoms with van der Waals surface area (Å²) in [4.78, 5) is 2.10. The molecule has 26 heavy (non-hydrogen) atoms. The van der Waals surface area contributed by atoms with Crippen molar-refractivity contribution < 1.29 is 8.42 Å². The van der Waals surface area contributed by atoms with E-state index in [0.717, 1.165) is 4.34 Å². The first-order valence-corrected chi connectivity index (χ1v) is 12.3. The Morgan fingerprint density at radius 3 is 2.38 bits per heavy atom. The number of thioether (sulfide) groups is 1. The van der Waals surface area contributed by atoms with Gasteiger partial charge in [-0.1, -0.05) is 52.4 Å². The van der Waals surface area contributed by atoms with Crippen LogP contribution in [0.25, 0.3) is 0 Å². The van der Waals surface area contributed by atoms with Gasteiger partial charge in [0.1, 0.15) is 4.90 Å². The molecule has 0 aliphatic carbocycles. The zero-order chi connectivity index (χ0) is 18.9. The highest BCUT2D eigenvalue weighted by Crippen LogP contribution is 2.32. The van der Waals surface area contributed by atoms with Gasteiger partial charge in [-0.05, 0) is 30.6 Å². The van der Waals surface area contributed by atoms with Crippen LogP contribution >= 0.6 is 58.5 Å². The number of sulfonamides is 1. The standard InChI is InChI=1S/C14H16Cl2N4O2S4/c1-24-13-17-20(14(23)25-13)9-18-5-7-19(8-6-18)26(21,22)12-10(15)3-2-4-11(12)16/h2-4H,5-9H2,1H3. The van der Waals surface area contributed by atoms with Crippen LogP contribution < -0.4 is 0 Å². The van der Waals surface area contributed by atoms with Crippen molar-refractivity contribution >= 4 is 68.5 Å². The van der Waals surface area contributed by atoms with Crippen LogP contribution in [0.5, 0.6) is 0 Å². The minimum Gasteiger partial charge on any atom is -0.282 e. The van der Waals surface area contributed by atoms with E-state index in [1.165, 1.54) is 27.8 Å². The Hall–Kier alpha value is -0.200. The van der Waals surface area contributed by atoms with Crippen molar-refractivity contribution in [1.29, 1.82) is 0 Å². The van der Waals surface area contributed by atoms with Crippen LogP contribution in [-0.2, 0) is 16.7 Å². The van der Waals surface area contributed by atoms with Gasteiger partial charge in [0, 0.05) is 26.2 Å². The molecule has 1 aliphatic rings. The Bertz CT molecular complexity index is 932. The van der Waals surface area contributed by atoms with E-state index in [-0.39, 0.29) is 14.9 Å². The van der Waals surface area contributed by atoms with Crippen molar-refractivity contribution in [3.8, 4) is 0 Å². The molecule has 1 saturated heterocycles. The highest BCUT2D eigenvalue weighted by atomic mass is 35.5. The fourth-order valence-corrected chi connectivity index (χ4v) is 6.87. The molecule has 0 N–H and O–H groups in total. The van der Waals surface area contributed by atoms with Gasteiger partial charge in [-0.25, -0.2) is 13.1 Å². The molecule has 0 amide bonds. The van der Waals surface area contributed by atoms with E-state index in [4.69, 9.17) is 35.4 Å². The minimum atomic E-state index is -3.73. The number of hydrogen-bond donors (Lipinski definition) is 0. The molecular formula is C14H16Cl2N4O2S4. The number of nitrogens with zero attached hydrogens (tertiary/aromatic N) is 4. The maximum Gasteiger partial charge on any atom is 0.246 e. The summed E-state index contributed by atoms with van der Waals surface area (Å²) in [5.74, 6) is 0. The normalized spacial score (nSPS) is 16.9. The van der Waals surface area contributed by atoms with Crippen LogP contribution in [0.1, 0.15) is 0 Å². The summed E-state index contributed by atoms with van der Waals surface area (Å²) in [5, 5.41) is 4.72. The van der Waals surface area contributed by atoms with Gasteiger partial charge in [0.05, 0.1) is 16.7 Å². The Kier molecular flexibility index (Phi) is 6.66. The number of piperazine rings is 1. The van der Waals surface area contributed by atoms with Gasteiger partial charge < -0.3 is 0 Å². The highest BCUT2D eigenvalue weighted by molar-refractivity contribution is 8.00. The third kappa shape index (κ3) is 4.27. The fraction of sp³-hybridized carbons (Fsp3) is 0.429. The van der Waals surface area contributed by atoms with Crippen molar-refractivity contribution in [3.05, 3.63) is 32.2 Å². The van der Waals surface area contributed by atoms with Gasteiger partial charge in [-0.3, -0.25) is 4.90 Å². The van der Waals surface area contributed by atoms with Gasteiger partial charge in [0.15, 0.2) is 8.29 Å². The fourth-order valence-electron chi connectivity index (χ4n) is 2.62. The highest BCUT2D eigenvalue weighted by Gasteiger charge is 2.32. The molecule has 0 bridgehead atoms. The molecule has 0 radical (unpaired) electrons. The molecule has 12 heteroatoms. The number of rotatable bonds is 5. The van der Waals surface area contributed by atoms with Crippen LogP contribution in [0, 0.1) is 3.95 Å². The van der Waals surface area contributed by atoms with Gasteiger partial charge in [-0.15, -0.1) is 0 Å². The molecule has 1 fully saturated rings. The Morgan fingerprint density at radius 2 is 1.85 bits per heavy atom. The lowest BCUT2D eigenvalue weighted by atomic mass is 10.4. The summed E-state index contributed by atoms with van der Waals surface area (Å²) in [7, 11) is -3.73. The van der Waals surface area contributed by atoms with Crippen LogP contribution in [0.4, 0.5) is 0 Å². The van der Waals surface area contributed by atoms with Gasteiger partial charge >= 0.3 is 0 Å². The van der Waals surface area contributed by atoms with Gasteiger partial charge in [-0.2, -0.15) is 9.40 Å². The minimum absolute atomic E-state index is 0.0249. The Labute approximate surface area is 175 Å². The lowest BCUT2D eigenvalue weighted by Crippen LogP contribution is -2.49. The number of aromatic nitrogens is 2. The molecular weight excluding hydrogens is 455 g/mol. The molecule has 1 aromatic carbocycles. The van der Waals surface area contributed by atoms with E-state index in [1.54, 1.807) is 22.5 Å². The monoisotopic (exact) mass is 470 g/mol. The average Bonchev–Trinajstić information content (AvgIpc) is 2.95. The summed E-state index contributed by atoms with van der Waals surface area (Å²) in [6.45, 7) is 2.43. The van der Waals surface area contributed by atoms with Crippen molar-refractivity contribution in [2.45, 2.75) is 15.9 Å². The summed E-state index contributed by atoms with van der Waals surface area (Å²) >= 11 is 20.5. The molecule has 2 heterocycles. The number of halogens is 2. The lowest BCUT2D eigenvalue weighted by molar-refractivity contribution is 0.144. The number of benzene rings is 1. The summed E-state index contributed by atoms with van der Waals surface area (Å²) in [6.07, 6.45) is 1.96. The summed E-state index contributed by atoms with van der Waals surface area (Å²) < 4.78 is 30.6. The SMILES string of the molecule is CSc1nn(CN2CCN(S(=O)(=O)c3c(Cl)cccc3Cl)CC2)c(=S)s1. The predicted molar refractivity (Wildman–Crippen MR) is 110 cm³/mol. The second-order valence-electron chi connectivity index (χ2n) is 5.55.